The quantitative estimate of drug-likeness (QED) is 0.754. The normalized spacial score (nSPS) is 19.2. The van der Waals surface area contributed by atoms with E-state index >= 15 is 0 Å². The minimum atomic E-state index is -3.49. The first kappa shape index (κ1) is 23.1. The molecule has 0 bridgehead atoms. The third-order valence-electron chi connectivity index (χ3n) is 5.77. The summed E-state index contributed by atoms with van der Waals surface area (Å²) in [6, 6.07) is 7.48. The van der Waals surface area contributed by atoms with E-state index in [2.05, 4.69) is 5.32 Å². The Labute approximate surface area is 175 Å². The number of sulfonamides is 1. The highest BCUT2D eigenvalue weighted by Gasteiger charge is 2.30. The standard InChI is InChI=1S/C20H31N3O3S.ClH/c1-21-12-11-20(24)22-13-15-23(16-14-22)27(25,26)19-9-7-18(8-10-19)17-5-3-2-4-6-17;/h7-10,17,21H,2-6,11-16H2,1H3;1H. The molecule has 1 saturated heterocycles. The van der Waals surface area contributed by atoms with Crippen LogP contribution < -0.4 is 5.32 Å². The third-order valence-corrected chi connectivity index (χ3v) is 7.69. The van der Waals surface area contributed by atoms with Gasteiger partial charge in [-0.05, 0) is 43.5 Å². The monoisotopic (exact) mass is 429 g/mol. The van der Waals surface area contributed by atoms with Crippen LogP contribution in [0.25, 0.3) is 0 Å². The van der Waals surface area contributed by atoms with Crippen molar-refractivity contribution in [3.63, 3.8) is 0 Å². The molecule has 1 saturated carbocycles. The van der Waals surface area contributed by atoms with Gasteiger partial charge in [0.1, 0.15) is 0 Å². The van der Waals surface area contributed by atoms with Gasteiger partial charge in [-0.25, -0.2) is 8.42 Å². The molecule has 1 aliphatic carbocycles. The first-order valence-corrected chi connectivity index (χ1v) is 11.5. The first-order valence-electron chi connectivity index (χ1n) is 10.0. The number of amides is 1. The van der Waals surface area contributed by atoms with Gasteiger partial charge in [-0.1, -0.05) is 31.4 Å². The second-order valence-corrected chi connectivity index (χ2v) is 9.48. The number of piperazine rings is 1. The highest BCUT2D eigenvalue weighted by atomic mass is 35.5. The molecule has 2 fully saturated rings. The second-order valence-electron chi connectivity index (χ2n) is 7.54. The van der Waals surface area contributed by atoms with Gasteiger partial charge in [0.05, 0.1) is 4.90 Å². The van der Waals surface area contributed by atoms with Gasteiger partial charge in [-0.15, -0.1) is 12.4 Å². The molecule has 2 aliphatic rings. The molecule has 1 aromatic carbocycles. The minimum absolute atomic E-state index is 0. The summed E-state index contributed by atoms with van der Waals surface area (Å²) in [6.07, 6.45) is 6.70. The van der Waals surface area contributed by atoms with Crippen molar-refractivity contribution in [2.75, 3.05) is 39.8 Å². The molecule has 0 radical (unpaired) electrons. The van der Waals surface area contributed by atoms with Gasteiger partial charge in [0, 0.05) is 39.1 Å². The SMILES string of the molecule is CNCCC(=O)N1CCN(S(=O)(=O)c2ccc(C3CCCCC3)cc2)CC1.Cl. The fourth-order valence-electron chi connectivity index (χ4n) is 4.06. The van der Waals surface area contributed by atoms with Crippen molar-refractivity contribution >= 4 is 28.3 Å². The molecule has 3 rings (SSSR count). The molecule has 1 aliphatic heterocycles. The van der Waals surface area contributed by atoms with Crippen LogP contribution in [0.2, 0.25) is 0 Å². The molecular formula is C20H32ClN3O3S. The van der Waals surface area contributed by atoms with E-state index in [1.807, 2.05) is 19.2 Å². The van der Waals surface area contributed by atoms with Crippen LogP contribution in [0.3, 0.4) is 0 Å². The van der Waals surface area contributed by atoms with Crippen molar-refractivity contribution in [2.45, 2.75) is 49.3 Å². The molecular weight excluding hydrogens is 398 g/mol. The molecule has 1 aromatic rings. The van der Waals surface area contributed by atoms with Gasteiger partial charge >= 0.3 is 0 Å². The number of nitrogens with zero attached hydrogens (tertiary/aromatic N) is 2. The highest BCUT2D eigenvalue weighted by molar-refractivity contribution is 7.89. The van der Waals surface area contributed by atoms with Gasteiger partial charge in [0.25, 0.3) is 0 Å². The summed E-state index contributed by atoms with van der Waals surface area (Å²) in [5.74, 6) is 0.654. The van der Waals surface area contributed by atoms with Gasteiger partial charge in [-0.2, -0.15) is 4.31 Å². The third kappa shape index (κ3) is 5.47. The molecule has 158 valence electrons. The summed E-state index contributed by atoms with van der Waals surface area (Å²) in [7, 11) is -1.68. The molecule has 1 N–H and O–H groups in total. The Bertz CT molecular complexity index is 726. The van der Waals surface area contributed by atoms with Crippen molar-refractivity contribution in [3.05, 3.63) is 29.8 Å². The van der Waals surface area contributed by atoms with Crippen LogP contribution in [0.5, 0.6) is 0 Å². The number of benzene rings is 1. The highest BCUT2D eigenvalue weighted by Crippen LogP contribution is 2.33. The largest absolute Gasteiger partial charge is 0.340 e. The van der Waals surface area contributed by atoms with Crippen molar-refractivity contribution in [1.29, 1.82) is 0 Å². The van der Waals surface area contributed by atoms with Crippen LogP contribution in [0.15, 0.2) is 29.2 Å². The van der Waals surface area contributed by atoms with Crippen LogP contribution in [0, 0.1) is 0 Å². The molecule has 1 amide bonds. The van der Waals surface area contributed by atoms with Crippen molar-refractivity contribution in [1.82, 2.24) is 14.5 Å². The lowest BCUT2D eigenvalue weighted by Crippen LogP contribution is -2.50. The van der Waals surface area contributed by atoms with Crippen LogP contribution >= 0.6 is 12.4 Å². The van der Waals surface area contributed by atoms with Crippen molar-refractivity contribution < 1.29 is 13.2 Å². The summed E-state index contributed by atoms with van der Waals surface area (Å²) < 4.78 is 27.4. The van der Waals surface area contributed by atoms with E-state index < -0.39 is 10.0 Å². The zero-order valence-electron chi connectivity index (χ0n) is 16.6. The lowest BCUT2D eigenvalue weighted by atomic mass is 9.84. The number of halogens is 1. The Kier molecular flexibility index (Phi) is 8.74. The summed E-state index contributed by atoms with van der Waals surface area (Å²) in [5, 5.41) is 2.97. The summed E-state index contributed by atoms with van der Waals surface area (Å²) in [5.41, 5.74) is 1.26. The molecule has 0 spiro atoms. The van der Waals surface area contributed by atoms with E-state index in [-0.39, 0.29) is 18.3 Å². The Morgan fingerprint density at radius 2 is 1.64 bits per heavy atom. The zero-order chi connectivity index (χ0) is 19.3. The van der Waals surface area contributed by atoms with Crippen molar-refractivity contribution in [3.8, 4) is 0 Å². The second kappa shape index (κ2) is 10.6. The van der Waals surface area contributed by atoms with Gasteiger partial charge < -0.3 is 10.2 Å². The topological polar surface area (TPSA) is 69.7 Å². The maximum Gasteiger partial charge on any atom is 0.243 e. The van der Waals surface area contributed by atoms with Crippen LogP contribution in [0.4, 0.5) is 0 Å². The van der Waals surface area contributed by atoms with E-state index in [1.165, 1.54) is 42.0 Å². The Morgan fingerprint density at radius 1 is 1.04 bits per heavy atom. The van der Waals surface area contributed by atoms with Crippen LogP contribution in [-0.2, 0) is 14.8 Å². The maximum atomic E-state index is 12.9. The number of rotatable bonds is 6. The Hall–Kier alpha value is -1.15. The lowest BCUT2D eigenvalue weighted by Gasteiger charge is -2.34. The number of nitrogens with one attached hydrogen (secondary N) is 1. The molecule has 0 unspecified atom stereocenters. The summed E-state index contributed by atoms with van der Waals surface area (Å²) >= 11 is 0. The first-order chi connectivity index (χ1) is 13.0. The smallest absolute Gasteiger partial charge is 0.243 e. The number of carbonyl (C=O) groups is 1. The molecule has 28 heavy (non-hydrogen) atoms. The average molecular weight is 430 g/mol. The summed E-state index contributed by atoms with van der Waals surface area (Å²) in [4.78, 5) is 14.2. The number of carbonyl (C=O) groups excluding carboxylic acids is 1. The van der Waals surface area contributed by atoms with E-state index in [9.17, 15) is 13.2 Å². The van der Waals surface area contributed by atoms with Gasteiger partial charge in [0.15, 0.2) is 0 Å². The predicted octanol–water partition coefficient (Wildman–Crippen LogP) is 2.60. The Morgan fingerprint density at radius 3 is 2.21 bits per heavy atom. The van der Waals surface area contributed by atoms with E-state index in [0.717, 1.165) is 0 Å². The van der Waals surface area contributed by atoms with Crippen molar-refractivity contribution in [2.24, 2.45) is 0 Å². The maximum absolute atomic E-state index is 12.9. The number of hydrogen-bond acceptors (Lipinski definition) is 4. The molecule has 0 atom stereocenters. The van der Waals surface area contributed by atoms with Gasteiger partial charge in [0.2, 0.25) is 15.9 Å². The molecule has 8 heteroatoms. The number of hydrogen-bond donors (Lipinski definition) is 1. The molecule has 6 nitrogen and oxygen atoms in total. The van der Waals surface area contributed by atoms with E-state index in [4.69, 9.17) is 0 Å². The fraction of sp³-hybridized carbons (Fsp3) is 0.650. The van der Waals surface area contributed by atoms with Crippen LogP contribution in [0.1, 0.15) is 50.0 Å². The van der Waals surface area contributed by atoms with E-state index in [1.54, 1.807) is 17.0 Å². The summed E-state index contributed by atoms with van der Waals surface area (Å²) in [6.45, 7) is 2.28. The van der Waals surface area contributed by atoms with Crippen LogP contribution in [-0.4, -0.2) is 63.3 Å². The minimum Gasteiger partial charge on any atom is -0.340 e. The molecule has 0 aromatic heterocycles. The van der Waals surface area contributed by atoms with E-state index in [0.29, 0.717) is 50.0 Å². The zero-order valence-corrected chi connectivity index (χ0v) is 18.2. The van der Waals surface area contributed by atoms with Gasteiger partial charge in [-0.3, -0.25) is 4.79 Å². The predicted molar refractivity (Wildman–Crippen MR) is 113 cm³/mol. The molecule has 1 heterocycles. The Balaban J connectivity index is 0.00000280. The average Bonchev–Trinajstić information content (AvgIpc) is 2.73. The lowest BCUT2D eigenvalue weighted by molar-refractivity contribution is -0.132. The fourth-order valence-corrected chi connectivity index (χ4v) is 5.49.